The number of rotatable bonds is 6. The largest absolute Gasteiger partial charge is 0.423 e. The van der Waals surface area contributed by atoms with Gasteiger partial charge in [-0.15, -0.1) is 0 Å². The van der Waals surface area contributed by atoms with Crippen LogP contribution in [0.25, 0.3) is 6.08 Å². The quantitative estimate of drug-likeness (QED) is 0.219. The summed E-state index contributed by atoms with van der Waals surface area (Å²) in [6.07, 6.45) is 3.36. The lowest BCUT2D eigenvalue weighted by molar-refractivity contribution is 0.0734. The second-order valence-electron chi connectivity index (χ2n) is 7.30. The van der Waals surface area contributed by atoms with Gasteiger partial charge in [-0.1, -0.05) is 61.9 Å². The number of ether oxygens (including phenoxy) is 1. The van der Waals surface area contributed by atoms with E-state index in [0.717, 1.165) is 11.1 Å². The Hall–Kier alpha value is -3.46. The van der Waals surface area contributed by atoms with Crippen molar-refractivity contribution >= 4 is 17.8 Å². The van der Waals surface area contributed by atoms with Crippen LogP contribution in [0.15, 0.2) is 78.9 Å². The Labute approximate surface area is 171 Å². The standard InChI is InChI=1S/C26H24O3/c1-18(2)21-11-6-20(7-12-21)8-17-25(27)22-13-15-24(16-14-22)29-26(28)23-9-4-19(3)5-10-23/h4-18H,1-3H3/b17-8+. The first kappa shape index (κ1) is 20.3. The molecule has 0 spiro atoms. The third-order valence-electron chi connectivity index (χ3n) is 4.67. The van der Waals surface area contributed by atoms with Gasteiger partial charge >= 0.3 is 5.97 Å². The molecule has 0 saturated heterocycles. The van der Waals surface area contributed by atoms with Crippen LogP contribution < -0.4 is 4.74 Å². The minimum atomic E-state index is -0.422. The average Bonchev–Trinajstić information content (AvgIpc) is 2.73. The summed E-state index contributed by atoms with van der Waals surface area (Å²) < 4.78 is 5.37. The predicted molar refractivity (Wildman–Crippen MR) is 116 cm³/mol. The zero-order valence-corrected chi connectivity index (χ0v) is 16.9. The second kappa shape index (κ2) is 9.16. The molecular weight excluding hydrogens is 360 g/mol. The van der Waals surface area contributed by atoms with Crippen LogP contribution in [0, 0.1) is 6.92 Å². The van der Waals surface area contributed by atoms with E-state index in [1.807, 2.05) is 31.2 Å². The fourth-order valence-corrected chi connectivity index (χ4v) is 2.80. The summed E-state index contributed by atoms with van der Waals surface area (Å²) in [5, 5.41) is 0. The molecular formula is C26H24O3. The van der Waals surface area contributed by atoms with Gasteiger partial charge in [-0.3, -0.25) is 4.79 Å². The Morgan fingerprint density at radius 1 is 0.793 bits per heavy atom. The zero-order valence-electron chi connectivity index (χ0n) is 16.9. The van der Waals surface area contributed by atoms with Gasteiger partial charge in [0.05, 0.1) is 5.56 Å². The summed E-state index contributed by atoms with van der Waals surface area (Å²) in [6.45, 7) is 6.26. The molecule has 3 aromatic carbocycles. The van der Waals surface area contributed by atoms with Crippen molar-refractivity contribution in [3.05, 3.63) is 107 Å². The molecule has 0 aliphatic carbocycles. The van der Waals surface area contributed by atoms with Gasteiger partial charge in [0.15, 0.2) is 5.78 Å². The Morgan fingerprint density at radius 3 is 1.97 bits per heavy atom. The SMILES string of the molecule is Cc1ccc(C(=O)Oc2ccc(C(=O)/C=C/c3ccc(C(C)C)cc3)cc2)cc1. The van der Waals surface area contributed by atoms with Crippen molar-refractivity contribution in [2.24, 2.45) is 0 Å². The molecule has 0 N–H and O–H groups in total. The van der Waals surface area contributed by atoms with Crippen LogP contribution in [0.3, 0.4) is 0 Å². The van der Waals surface area contributed by atoms with E-state index in [0.29, 0.717) is 22.8 Å². The van der Waals surface area contributed by atoms with Crippen molar-refractivity contribution in [2.75, 3.05) is 0 Å². The number of ketones is 1. The van der Waals surface area contributed by atoms with Crippen LogP contribution in [-0.4, -0.2) is 11.8 Å². The lowest BCUT2D eigenvalue weighted by Gasteiger charge is -2.05. The maximum Gasteiger partial charge on any atom is 0.343 e. The van der Waals surface area contributed by atoms with Gasteiger partial charge in [-0.05, 0) is 66.4 Å². The van der Waals surface area contributed by atoms with E-state index in [4.69, 9.17) is 4.74 Å². The number of aryl methyl sites for hydroxylation is 1. The monoisotopic (exact) mass is 384 g/mol. The van der Waals surface area contributed by atoms with Crippen molar-refractivity contribution < 1.29 is 14.3 Å². The van der Waals surface area contributed by atoms with E-state index in [1.165, 1.54) is 5.56 Å². The highest BCUT2D eigenvalue weighted by molar-refractivity contribution is 6.06. The summed E-state index contributed by atoms with van der Waals surface area (Å²) in [7, 11) is 0. The van der Waals surface area contributed by atoms with E-state index in [9.17, 15) is 9.59 Å². The number of benzene rings is 3. The molecule has 0 aliphatic rings. The molecule has 0 heterocycles. The molecule has 0 bridgehead atoms. The molecule has 0 amide bonds. The Morgan fingerprint density at radius 2 is 1.38 bits per heavy atom. The highest BCUT2D eigenvalue weighted by Gasteiger charge is 2.09. The molecule has 0 saturated carbocycles. The molecule has 146 valence electrons. The Bertz CT molecular complexity index is 1010. The minimum absolute atomic E-state index is 0.102. The number of hydrogen-bond donors (Lipinski definition) is 0. The van der Waals surface area contributed by atoms with Crippen molar-refractivity contribution in [1.82, 2.24) is 0 Å². The minimum Gasteiger partial charge on any atom is -0.423 e. The number of esters is 1. The summed E-state index contributed by atoms with van der Waals surface area (Å²) in [5.41, 5.74) is 4.35. The fraction of sp³-hybridized carbons (Fsp3) is 0.154. The molecule has 3 aromatic rings. The first-order valence-electron chi connectivity index (χ1n) is 9.63. The van der Waals surface area contributed by atoms with Gasteiger partial charge in [0, 0.05) is 5.56 Å². The van der Waals surface area contributed by atoms with Crippen LogP contribution >= 0.6 is 0 Å². The molecule has 0 atom stereocenters. The lowest BCUT2D eigenvalue weighted by Crippen LogP contribution is -2.08. The highest BCUT2D eigenvalue weighted by atomic mass is 16.5. The second-order valence-corrected chi connectivity index (χ2v) is 7.30. The Kier molecular flexibility index (Phi) is 6.40. The highest BCUT2D eigenvalue weighted by Crippen LogP contribution is 2.17. The van der Waals surface area contributed by atoms with Crippen molar-refractivity contribution in [3.8, 4) is 5.75 Å². The van der Waals surface area contributed by atoms with E-state index >= 15 is 0 Å². The van der Waals surface area contributed by atoms with E-state index in [2.05, 4.69) is 26.0 Å². The fourth-order valence-electron chi connectivity index (χ4n) is 2.80. The van der Waals surface area contributed by atoms with E-state index < -0.39 is 5.97 Å². The third-order valence-corrected chi connectivity index (χ3v) is 4.67. The van der Waals surface area contributed by atoms with Crippen LogP contribution in [0.4, 0.5) is 0 Å². The van der Waals surface area contributed by atoms with Crippen molar-refractivity contribution in [2.45, 2.75) is 26.7 Å². The predicted octanol–water partition coefficient (Wildman–Crippen LogP) is 6.23. The third kappa shape index (κ3) is 5.52. The first-order chi connectivity index (χ1) is 13.9. The van der Waals surface area contributed by atoms with Gasteiger partial charge in [-0.2, -0.15) is 0 Å². The maximum atomic E-state index is 12.4. The summed E-state index contributed by atoms with van der Waals surface area (Å²) in [6, 6.07) is 21.9. The molecule has 0 aromatic heterocycles. The average molecular weight is 384 g/mol. The number of hydrogen-bond acceptors (Lipinski definition) is 3. The van der Waals surface area contributed by atoms with Crippen molar-refractivity contribution in [3.63, 3.8) is 0 Å². The maximum absolute atomic E-state index is 12.4. The smallest absolute Gasteiger partial charge is 0.343 e. The summed E-state index contributed by atoms with van der Waals surface area (Å²) in [4.78, 5) is 24.6. The van der Waals surface area contributed by atoms with Gasteiger partial charge in [0.1, 0.15) is 5.75 Å². The molecule has 3 nitrogen and oxygen atoms in total. The topological polar surface area (TPSA) is 43.4 Å². The van der Waals surface area contributed by atoms with Gasteiger partial charge in [-0.25, -0.2) is 4.79 Å². The van der Waals surface area contributed by atoms with Crippen LogP contribution in [0.5, 0.6) is 5.75 Å². The molecule has 0 fully saturated rings. The zero-order chi connectivity index (χ0) is 20.8. The number of carbonyl (C=O) groups excluding carboxylic acids is 2. The molecule has 3 heteroatoms. The van der Waals surface area contributed by atoms with Gasteiger partial charge < -0.3 is 4.74 Å². The van der Waals surface area contributed by atoms with Gasteiger partial charge in [0.25, 0.3) is 0 Å². The molecule has 0 unspecified atom stereocenters. The number of allylic oxidation sites excluding steroid dienone is 1. The lowest BCUT2D eigenvalue weighted by atomic mass is 10.0. The van der Waals surface area contributed by atoms with Gasteiger partial charge in [0.2, 0.25) is 0 Å². The Balaban J connectivity index is 1.62. The first-order valence-corrected chi connectivity index (χ1v) is 9.63. The molecule has 3 rings (SSSR count). The van der Waals surface area contributed by atoms with Crippen LogP contribution in [0.2, 0.25) is 0 Å². The number of carbonyl (C=O) groups is 2. The van der Waals surface area contributed by atoms with E-state index in [-0.39, 0.29) is 5.78 Å². The van der Waals surface area contributed by atoms with E-state index in [1.54, 1.807) is 48.6 Å². The molecule has 0 radical (unpaired) electrons. The van der Waals surface area contributed by atoms with Crippen molar-refractivity contribution in [1.29, 1.82) is 0 Å². The van der Waals surface area contributed by atoms with Crippen LogP contribution in [0.1, 0.15) is 57.2 Å². The summed E-state index contributed by atoms with van der Waals surface area (Å²) in [5.74, 6) is 0.358. The summed E-state index contributed by atoms with van der Waals surface area (Å²) >= 11 is 0. The molecule has 0 aliphatic heterocycles. The normalized spacial score (nSPS) is 11.0. The van der Waals surface area contributed by atoms with Crippen LogP contribution in [-0.2, 0) is 0 Å². The molecule has 29 heavy (non-hydrogen) atoms.